The fraction of sp³-hybridized carbons (Fsp3) is 0.733. The number of nitrogens with one attached hydrogen (secondary N) is 1. The van der Waals surface area contributed by atoms with Crippen LogP contribution >= 0.6 is 11.3 Å². The summed E-state index contributed by atoms with van der Waals surface area (Å²) in [5.74, 6) is -0.0546. The van der Waals surface area contributed by atoms with Crippen molar-refractivity contribution in [3.05, 3.63) is 11.1 Å². The predicted molar refractivity (Wildman–Crippen MR) is 85.5 cm³/mol. The summed E-state index contributed by atoms with van der Waals surface area (Å²) in [6.07, 6.45) is 5.61. The van der Waals surface area contributed by atoms with E-state index in [0.29, 0.717) is 5.13 Å². The number of piperazine rings is 1. The van der Waals surface area contributed by atoms with Crippen molar-refractivity contribution in [1.82, 2.24) is 14.8 Å². The molecule has 0 spiro atoms. The summed E-state index contributed by atoms with van der Waals surface area (Å²) >= 11 is 1.51. The first kappa shape index (κ1) is 14.9. The second-order valence-corrected chi connectivity index (χ2v) is 6.93. The van der Waals surface area contributed by atoms with Crippen molar-refractivity contribution in [2.45, 2.75) is 45.2 Å². The Morgan fingerprint density at radius 3 is 2.71 bits per heavy atom. The molecule has 116 valence electrons. The van der Waals surface area contributed by atoms with E-state index in [1.807, 2.05) is 0 Å². The first-order valence-corrected chi connectivity index (χ1v) is 8.77. The first-order valence-electron chi connectivity index (χ1n) is 7.89. The van der Waals surface area contributed by atoms with Crippen LogP contribution in [-0.4, -0.2) is 52.9 Å². The van der Waals surface area contributed by atoms with Crippen LogP contribution in [0.2, 0.25) is 0 Å². The number of rotatable bonds is 4. The summed E-state index contributed by atoms with van der Waals surface area (Å²) in [7, 11) is 0. The van der Waals surface area contributed by atoms with Gasteiger partial charge < -0.3 is 5.32 Å². The zero-order valence-corrected chi connectivity index (χ0v) is 13.5. The Morgan fingerprint density at radius 1 is 1.33 bits per heavy atom. The van der Waals surface area contributed by atoms with Gasteiger partial charge in [0.2, 0.25) is 5.91 Å². The minimum atomic E-state index is -0.0546. The minimum Gasteiger partial charge on any atom is -0.302 e. The molecule has 0 aromatic carbocycles. The molecular formula is C15H24N4OS. The van der Waals surface area contributed by atoms with Crippen molar-refractivity contribution >= 4 is 22.4 Å². The van der Waals surface area contributed by atoms with Crippen LogP contribution in [0, 0.1) is 0 Å². The van der Waals surface area contributed by atoms with Crippen LogP contribution in [0.1, 0.15) is 38.3 Å². The Hall–Kier alpha value is -0.980. The molecule has 6 heteroatoms. The summed E-state index contributed by atoms with van der Waals surface area (Å²) < 4.78 is 0. The van der Waals surface area contributed by atoms with Crippen LogP contribution in [0.3, 0.4) is 0 Å². The average molecular weight is 308 g/mol. The normalized spacial score (nSPS) is 21.8. The Labute approximate surface area is 130 Å². The van der Waals surface area contributed by atoms with Gasteiger partial charge in [0.25, 0.3) is 0 Å². The van der Waals surface area contributed by atoms with Crippen LogP contribution in [0.4, 0.5) is 5.13 Å². The predicted octanol–water partition coefficient (Wildman–Crippen LogP) is 2.16. The van der Waals surface area contributed by atoms with E-state index in [2.05, 4.69) is 25.5 Å². The van der Waals surface area contributed by atoms with Gasteiger partial charge in [-0.15, -0.1) is 11.3 Å². The van der Waals surface area contributed by atoms with Gasteiger partial charge in [-0.2, -0.15) is 0 Å². The number of carbonyl (C=O) groups excluding carboxylic acids is 1. The lowest BCUT2D eigenvalue weighted by Gasteiger charge is -2.37. The molecule has 3 rings (SSSR count). The highest BCUT2D eigenvalue weighted by Gasteiger charge is 2.26. The lowest BCUT2D eigenvalue weighted by molar-refractivity contribution is -0.114. The lowest BCUT2D eigenvalue weighted by atomic mass is 10.2. The third-order valence-corrected chi connectivity index (χ3v) is 5.27. The molecule has 1 saturated heterocycles. The van der Waals surface area contributed by atoms with Gasteiger partial charge in [0.15, 0.2) is 5.13 Å². The Balaban J connectivity index is 1.46. The summed E-state index contributed by atoms with van der Waals surface area (Å²) in [6, 6.07) is 0.845. The van der Waals surface area contributed by atoms with E-state index >= 15 is 0 Å². The number of aromatic nitrogens is 1. The number of carbonyl (C=O) groups is 1. The highest BCUT2D eigenvalue weighted by Crippen LogP contribution is 2.24. The molecule has 0 bridgehead atoms. The molecule has 1 saturated carbocycles. The number of anilines is 1. The second-order valence-electron chi connectivity index (χ2n) is 6.08. The van der Waals surface area contributed by atoms with Crippen LogP contribution in [0.15, 0.2) is 5.38 Å². The quantitative estimate of drug-likeness (QED) is 0.926. The van der Waals surface area contributed by atoms with E-state index in [1.165, 1.54) is 57.0 Å². The molecule has 2 heterocycles. The van der Waals surface area contributed by atoms with Crippen molar-refractivity contribution in [2.75, 3.05) is 31.5 Å². The fourth-order valence-corrected chi connectivity index (χ4v) is 4.12. The molecule has 1 N–H and O–H groups in total. The van der Waals surface area contributed by atoms with Gasteiger partial charge in [0.05, 0.1) is 5.69 Å². The molecule has 0 unspecified atom stereocenters. The molecule has 5 nitrogen and oxygen atoms in total. The zero-order valence-electron chi connectivity index (χ0n) is 12.7. The zero-order chi connectivity index (χ0) is 14.7. The van der Waals surface area contributed by atoms with Gasteiger partial charge in [-0.05, 0) is 12.8 Å². The van der Waals surface area contributed by atoms with Gasteiger partial charge in [0, 0.05) is 51.1 Å². The van der Waals surface area contributed by atoms with Crippen LogP contribution in [-0.2, 0) is 11.3 Å². The third kappa shape index (κ3) is 4.02. The SMILES string of the molecule is CC(=O)Nc1nc(CN2CCN(C3CCCC3)CC2)cs1. The maximum absolute atomic E-state index is 11.0. The fourth-order valence-electron chi connectivity index (χ4n) is 3.37. The average Bonchev–Trinajstić information content (AvgIpc) is 3.11. The molecule has 1 amide bonds. The van der Waals surface area contributed by atoms with Gasteiger partial charge in [-0.25, -0.2) is 4.98 Å². The van der Waals surface area contributed by atoms with Gasteiger partial charge in [-0.3, -0.25) is 14.6 Å². The van der Waals surface area contributed by atoms with E-state index in [1.54, 1.807) is 0 Å². The Bertz CT molecular complexity index is 476. The molecule has 1 aliphatic heterocycles. The number of hydrogen-bond acceptors (Lipinski definition) is 5. The van der Waals surface area contributed by atoms with E-state index in [-0.39, 0.29) is 5.91 Å². The first-order chi connectivity index (χ1) is 10.2. The highest BCUT2D eigenvalue weighted by atomic mass is 32.1. The van der Waals surface area contributed by atoms with E-state index in [4.69, 9.17) is 0 Å². The number of thiazole rings is 1. The summed E-state index contributed by atoms with van der Waals surface area (Å²) in [6.45, 7) is 7.05. The summed E-state index contributed by atoms with van der Waals surface area (Å²) in [4.78, 5) is 20.6. The van der Waals surface area contributed by atoms with Crippen LogP contribution in [0.25, 0.3) is 0 Å². The molecule has 21 heavy (non-hydrogen) atoms. The molecule has 0 radical (unpaired) electrons. The molecule has 1 aliphatic carbocycles. The summed E-state index contributed by atoms with van der Waals surface area (Å²) in [5.41, 5.74) is 1.07. The summed E-state index contributed by atoms with van der Waals surface area (Å²) in [5, 5.41) is 5.51. The molecular weight excluding hydrogens is 284 g/mol. The van der Waals surface area contributed by atoms with Crippen LogP contribution in [0.5, 0.6) is 0 Å². The molecule has 2 aliphatic rings. The second kappa shape index (κ2) is 6.85. The topological polar surface area (TPSA) is 48.5 Å². The Morgan fingerprint density at radius 2 is 2.05 bits per heavy atom. The monoisotopic (exact) mass is 308 g/mol. The van der Waals surface area contributed by atoms with E-state index < -0.39 is 0 Å². The minimum absolute atomic E-state index is 0.0546. The Kier molecular flexibility index (Phi) is 4.87. The van der Waals surface area contributed by atoms with Crippen molar-refractivity contribution in [2.24, 2.45) is 0 Å². The highest BCUT2D eigenvalue weighted by molar-refractivity contribution is 7.13. The standard InChI is InChI=1S/C15H24N4OS/c1-12(20)16-15-17-13(11-21-15)10-18-6-8-19(9-7-18)14-4-2-3-5-14/h11,14H,2-10H2,1H3,(H,16,17,20). The molecule has 1 aromatic heterocycles. The van der Waals surface area contributed by atoms with Crippen LogP contribution < -0.4 is 5.32 Å². The van der Waals surface area contributed by atoms with E-state index in [0.717, 1.165) is 31.4 Å². The number of nitrogens with zero attached hydrogens (tertiary/aromatic N) is 3. The van der Waals surface area contributed by atoms with E-state index in [9.17, 15) is 4.79 Å². The third-order valence-electron chi connectivity index (χ3n) is 4.47. The molecule has 2 fully saturated rings. The van der Waals surface area contributed by atoms with Gasteiger partial charge in [0.1, 0.15) is 0 Å². The molecule has 1 aromatic rings. The van der Waals surface area contributed by atoms with Gasteiger partial charge >= 0.3 is 0 Å². The van der Waals surface area contributed by atoms with Crippen molar-refractivity contribution in [1.29, 1.82) is 0 Å². The number of hydrogen-bond donors (Lipinski definition) is 1. The molecule has 0 atom stereocenters. The number of amides is 1. The van der Waals surface area contributed by atoms with Gasteiger partial charge in [-0.1, -0.05) is 12.8 Å². The van der Waals surface area contributed by atoms with Crippen molar-refractivity contribution < 1.29 is 4.79 Å². The van der Waals surface area contributed by atoms with Crippen molar-refractivity contribution in [3.8, 4) is 0 Å². The lowest BCUT2D eigenvalue weighted by Crippen LogP contribution is -2.49. The largest absolute Gasteiger partial charge is 0.302 e. The maximum Gasteiger partial charge on any atom is 0.223 e. The maximum atomic E-state index is 11.0. The smallest absolute Gasteiger partial charge is 0.223 e. The van der Waals surface area contributed by atoms with Crippen molar-refractivity contribution in [3.63, 3.8) is 0 Å².